The number of benzene rings is 8. The van der Waals surface area contributed by atoms with Gasteiger partial charge in [-0.2, -0.15) is 0 Å². The molecule has 0 aliphatic rings. The highest BCUT2D eigenvalue weighted by Crippen LogP contribution is 2.43. The summed E-state index contributed by atoms with van der Waals surface area (Å²) in [4.78, 5) is 20.1. The Morgan fingerprint density at radius 1 is 0.393 bits per heavy atom. The Labute approximate surface area is 322 Å². The van der Waals surface area contributed by atoms with Crippen LogP contribution in [0.4, 0.5) is 0 Å². The van der Waals surface area contributed by atoms with E-state index in [0.717, 1.165) is 82.7 Å². The molecule has 11 rings (SSSR count). The molecule has 0 fully saturated rings. The van der Waals surface area contributed by atoms with E-state index < -0.39 is 0 Å². The standard InChI is InChI=1S/C50H31N5O/c1-5-15-33(16-6-1)47-52-48(34-17-7-2-8-18-34)54-49(53-47)39-24-14-13-23-38(39)36-27-29-42-40(31-36)45-43(55(42)37-21-11-4-12-22-37)30-26-32-25-28-41-46(44(32)45)56-50(51-41)35-19-9-3-10-20-35/h1-31H. The molecule has 0 saturated heterocycles. The van der Waals surface area contributed by atoms with Gasteiger partial charge in [-0.15, -0.1) is 0 Å². The Kier molecular flexibility index (Phi) is 7.38. The molecule has 0 spiro atoms. The molecule has 6 nitrogen and oxygen atoms in total. The lowest BCUT2D eigenvalue weighted by Crippen LogP contribution is -2.01. The van der Waals surface area contributed by atoms with Crippen molar-refractivity contribution in [2.75, 3.05) is 0 Å². The largest absolute Gasteiger partial charge is 0.435 e. The zero-order chi connectivity index (χ0) is 37.0. The molecule has 0 radical (unpaired) electrons. The van der Waals surface area contributed by atoms with E-state index in [2.05, 4.69) is 95.6 Å². The molecule has 0 bridgehead atoms. The van der Waals surface area contributed by atoms with Crippen LogP contribution in [0.25, 0.3) is 106 Å². The van der Waals surface area contributed by atoms with Crippen LogP contribution in [-0.4, -0.2) is 24.5 Å². The second-order valence-corrected chi connectivity index (χ2v) is 13.8. The molecule has 3 aromatic heterocycles. The second kappa shape index (κ2) is 13.0. The molecule has 3 heterocycles. The molecule has 0 N–H and O–H groups in total. The molecule has 56 heavy (non-hydrogen) atoms. The van der Waals surface area contributed by atoms with Crippen molar-refractivity contribution in [3.05, 3.63) is 188 Å². The maximum atomic E-state index is 6.68. The predicted octanol–water partition coefficient (Wildman–Crippen LogP) is 12.6. The van der Waals surface area contributed by atoms with E-state index in [0.29, 0.717) is 23.4 Å². The van der Waals surface area contributed by atoms with Gasteiger partial charge in [-0.25, -0.2) is 19.9 Å². The Bertz CT molecular complexity index is 3170. The molecule has 0 unspecified atom stereocenters. The third-order valence-corrected chi connectivity index (χ3v) is 10.5. The van der Waals surface area contributed by atoms with Crippen LogP contribution in [0, 0.1) is 0 Å². The van der Waals surface area contributed by atoms with Crippen LogP contribution in [0.5, 0.6) is 0 Å². The fourth-order valence-electron chi connectivity index (χ4n) is 7.89. The summed E-state index contributed by atoms with van der Waals surface area (Å²) in [5.74, 6) is 2.47. The maximum absolute atomic E-state index is 6.68. The molecule has 6 heteroatoms. The molecule has 0 aliphatic carbocycles. The molecular formula is C50H31N5O. The van der Waals surface area contributed by atoms with Crippen molar-refractivity contribution in [2.24, 2.45) is 0 Å². The van der Waals surface area contributed by atoms with E-state index in [1.54, 1.807) is 0 Å². The third kappa shape index (κ3) is 5.27. The molecule has 0 saturated carbocycles. The minimum absolute atomic E-state index is 0.605. The average Bonchev–Trinajstić information content (AvgIpc) is 3.87. The molecule has 262 valence electrons. The van der Waals surface area contributed by atoms with Crippen LogP contribution in [0.1, 0.15) is 0 Å². The van der Waals surface area contributed by atoms with Crippen molar-refractivity contribution in [2.45, 2.75) is 0 Å². The van der Waals surface area contributed by atoms with Gasteiger partial charge in [0.2, 0.25) is 5.89 Å². The summed E-state index contributed by atoms with van der Waals surface area (Å²) in [6, 6.07) is 64.5. The number of nitrogens with zero attached hydrogens (tertiary/aromatic N) is 5. The van der Waals surface area contributed by atoms with Crippen LogP contribution in [-0.2, 0) is 0 Å². The van der Waals surface area contributed by atoms with Gasteiger partial charge in [-0.05, 0) is 65.0 Å². The van der Waals surface area contributed by atoms with Gasteiger partial charge in [-0.1, -0.05) is 140 Å². The van der Waals surface area contributed by atoms with Gasteiger partial charge < -0.3 is 8.98 Å². The number of hydrogen-bond donors (Lipinski definition) is 0. The van der Waals surface area contributed by atoms with E-state index in [1.165, 1.54) is 0 Å². The second-order valence-electron chi connectivity index (χ2n) is 13.8. The summed E-state index contributed by atoms with van der Waals surface area (Å²) in [7, 11) is 0. The lowest BCUT2D eigenvalue weighted by Gasteiger charge is -2.12. The summed E-state index contributed by atoms with van der Waals surface area (Å²) in [5.41, 5.74) is 10.7. The van der Waals surface area contributed by atoms with Crippen molar-refractivity contribution in [1.82, 2.24) is 24.5 Å². The highest BCUT2D eigenvalue weighted by atomic mass is 16.3. The van der Waals surface area contributed by atoms with Crippen molar-refractivity contribution >= 4 is 43.7 Å². The van der Waals surface area contributed by atoms with E-state index in [4.69, 9.17) is 24.4 Å². The highest BCUT2D eigenvalue weighted by Gasteiger charge is 2.21. The normalized spacial score (nSPS) is 11.6. The van der Waals surface area contributed by atoms with Gasteiger partial charge >= 0.3 is 0 Å². The summed E-state index contributed by atoms with van der Waals surface area (Å²) in [6.07, 6.45) is 0. The average molecular weight is 718 g/mol. The van der Waals surface area contributed by atoms with Gasteiger partial charge in [0.15, 0.2) is 23.1 Å². The lowest BCUT2D eigenvalue weighted by atomic mass is 9.96. The van der Waals surface area contributed by atoms with Crippen LogP contribution in [0.2, 0.25) is 0 Å². The SMILES string of the molecule is c1ccc(-c2nc(-c3ccccc3)nc(-c3ccccc3-c3ccc4c(c3)c3c5c(ccc6nc(-c7ccccc7)oc65)ccc3n4-c3ccccc3)n2)cc1. The minimum atomic E-state index is 0.605. The fraction of sp³-hybridized carbons (Fsp3) is 0. The lowest BCUT2D eigenvalue weighted by molar-refractivity contribution is 0.623. The number of oxazole rings is 1. The summed E-state index contributed by atoms with van der Waals surface area (Å²) < 4.78 is 9.03. The highest BCUT2D eigenvalue weighted by molar-refractivity contribution is 6.27. The van der Waals surface area contributed by atoms with E-state index >= 15 is 0 Å². The first-order chi connectivity index (χ1) is 27.8. The van der Waals surface area contributed by atoms with Crippen LogP contribution in [0.3, 0.4) is 0 Å². The predicted molar refractivity (Wildman–Crippen MR) is 226 cm³/mol. The Hall–Kier alpha value is -7.70. The van der Waals surface area contributed by atoms with Crippen molar-refractivity contribution in [3.8, 4) is 62.4 Å². The third-order valence-electron chi connectivity index (χ3n) is 10.5. The molecule has 0 amide bonds. The first-order valence-electron chi connectivity index (χ1n) is 18.6. The molecule has 0 aliphatic heterocycles. The number of hydrogen-bond acceptors (Lipinski definition) is 5. The van der Waals surface area contributed by atoms with E-state index in [-0.39, 0.29) is 0 Å². The zero-order valence-corrected chi connectivity index (χ0v) is 30.0. The van der Waals surface area contributed by atoms with Crippen molar-refractivity contribution < 1.29 is 4.42 Å². The van der Waals surface area contributed by atoms with Crippen LogP contribution >= 0.6 is 0 Å². The smallest absolute Gasteiger partial charge is 0.227 e. The van der Waals surface area contributed by atoms with Crippen molar-refractivity contribution in [3.63, 3.8) is 0 Å². The molecular weight excluding hydrogens is 687 g/mol. The number of rotatable bonds is 6. The Morgan fingerprint density at radius 3 is 1.62 bits per heavy atom. The molecule has 8 aromatic carbocycles. The van der Waals surface area contributed by atoms with Gasteiger partial charge in [-0.3, -0.25) is 0 Å². The van der Waals surface area contributed by atoms with Crippen molar-refractivity contribution in [1.29, 1.82) is 0 Å². The van der Waals surface area contributed by atoms with Crippen LogP contribution in [0.15, 0.2) is 192 Å². The Balaban J connectivity index is 1.17. The van der Waals surface area contributed by atoms with Gasteiger partial charge in [0.1, 0.15) is 5.52 Å². The number of para-hydroxylation sites is 1. The van der Waals surface area contributed by atoms with Gasteiger partial charge in [0, 0.05) is 44.1 Å². The maximum Gasteiger partial charge on any atom is 0.227 e. The minimum Gasteiger partial charge on any atom is -0.435 e. The van der Waals surface area contributed by atoms with E-state index in [1.807, 2.05) is 97.1 Å². The summed E-state index contributed by atoms with van der Waals surface area (Å²) in [5, 5.41) is 4.35. The van der Waals surface area contributed by atoms with Gasteiger partial charge in [0.25, 0.3) is 0 Å². The monoisotopic (exact) mass is 717 g/mol. The summed E-state index contributed by atoms with van der Waals surface area (Å²) >= 11 is 0. The topological polar surface area (TPSA) is 69.6 Å². The zero-order valence-electron chi connectivity index (χ0n) is 30.0. The molecule has 0 atom stereocenters. The summed E-state index contributed by atoms with van der Waals surface area (Å²) in [6.45, 7) is 0. The first kappa shape index (κ1) is 31.8. The molecule has 11 aromatic rings. The first-order valence-corrected chi connectivity index (χ1v) is 18.6. The van der Waals surface area contributed by atoms with Crippen LogP contribution < -0.4 is 0 Å². The quantitative estimate of drug-likeness (QED) is 0.171. The number of fused-ring (bicyclic) bond motifs is 7. The Morgan fingerprint density at radius 2 is 0.946 bits per heavy atom. The van der Waals surface area contributed by atoms with Gasteiger partial charge in [0.05, 0.1) is 11.0 Å². The van der Waals surface area contributed by atoms with E-state index in [9.17, 15) is 0 Å². The fourth-order valence-corrected chi connectivity index (χ4v) is 7.89. The number of aromatic nitrogens is 5.